The van der Waals surface area contributed by atoms with Gasteiger partial charge in [0.25, 0.3) is 5.56 Å². The van der Waals surface area contributed by atoms with E-state index < -0.39 is 5.54 Å². The SMILES string of the molecule is CC1C(C(N)=O)CCN(C(=O)N2CCC(Cn3cnc(-c4ccccc4)cc3=O)C3(CCCC3)C2)C1(C)c1ccccc1. The number of benzene rings is 2. The van der Waals surface area contributed by atoms with E-state index in [1.165, 1.54) is 0 Å². The summed E-state index contributed by atoms with van der Waals surface area (Å²) in [5, 5.41) is 0. The van der Waals surface area contributed by atoms with Crippen LogP contribution < -0.4 is 11.3 Å². The maximum atomic E-state index is 14.5. The predicted octanol–water partition coefficient (Wildman–Crippen LogP) is 5.27. The number of nitrogens with zero attached hydrogens (tertiary/aromatic N) is 4. The summed E-state index contributed by atoms with van der Waals surface area (Å²) in [4.78, 5) is 48.8. The van der Waals surface area contributed by atoms with Gasteiger partial charge in [-0.05, 0) is 55.4 Å². The monoisotopic (exact) mass is 581 g/mol. The Morgan fingerprint density at radius 1 is 0.977 bits per heavy atom. The number of primary amides is 1. The second kappa shape index (κ2) is 11.6. The molecule has 0 bridgehead atoms. The first-order valence-corrected chi connectivity index (χ1v) is 15.8. The summed E-state index contributed by atoms with van der Waals surface area (Å²) in [5.74, 6) is -0.419. The van der Waals surface area contributed by atoms with Gasteiger partial charge < -0.3 is 15.5 Å². The number of carbonyl (C=O) groups excluding carboxylic acids is 2. The molecule has 0 radical (unpaired) electrons. The van der Waals surface area contributed by atoms with Gasteiger partial charge in [-0.3, -0.25) is 14.2 Å². The van der Waals surface area contributed by atoms with E-state index in [4.69, 9.17) is 5.73 Å². The Labute approximate surface area is 253 Å². The van der Waals surface area contributed by atoms with Crippen molar-refractivity contribution >= 4 is 11.9 Å². The van der Waals surface area contributed by atoms with Crippen LogP contribution in [0.25, 0.3) is 11.3 Å². The van der Waals surface area contributed by atoms with Crippen LogP contribution in [-0.2, 0) is 16.9 Å². The van der Waals surface area contributed by atoms with E-state index in [-0.39, 0.29) is 34.7 Å². The normalized spacial score (nSPS) is 26.9. The average Bonchev–Trinajstić information content (AvgIpc) is 3.49. The maximum absolute atomic E-state index is 14.5. The zero-order chi connectivity index (χ0) is 30.2. The third-order valence-corrected chi connectivity index (χ3v) is 11.0. The Morgan fingerprint density at radius 2 is 1.65 bits per heavy atom. The highest BCUT2D eigenvalue weighted by molar-refractivity contribution is 5.80. The molecule has 1 aliphatic carbocycles. The minimum absolute atomic E-state index is 0.0221. The highest BCUT2D eigenvalue weighted by Gasteiger charge is 2.52. The van der Waals surface area contributed by atoms with Crippen molar-refractivity contribution in [3.8, 4) is 11.3 Å². The van der Waals surface area contributed by atoms with Gasteiger partial charge in [-0.1, -0.05) is 80.4 Å². The number of urea groups is 1. The Balaban J connectivity index is 1.24. The smallest absolute Gasteiger partial charge is 0.320 e. The van der Waals surface area contributed by atoms with Crippen molar-refractivity contribution in [3.05, 3.63) is 89.0 Å². The number of aromatic nitrogens is 2. The zero-order valence-corrected chi connectivity index (χ0v) is 25.3. The van der Waals surface area contributed by atoms with E-state index in [1.807, 2.05) is 53.4 Å². The van der Waals surface area contributed by atoms with Gasteiger partial charge in [0, 0.05) is 43.7 Å². The van der Waals surface area contributed by atoms with E-state index in [0.717, 1.165) is 43.2 Å². The van der Waals surface area contributed by atoms with Crippen molar-refractivity contribution in [3.63, 3.8) is 0 Å². The quantitative estimate of drug-likeness (QED) is 0.444. The number of hydrogen-bond acceptors (Lipinski definition) is 4. The van der Waals surface area contributed by atoms with Crippen LogP contribution in [0.15, 0.2) is 77.9 Å². The van der Waals surface area contributed by atoms with Gasteiger partial charge in [0.2, 0.25) is 5.91 Å². The van der Waals surface area contributed by atoms with E-state index in [0.29, 0.717) is 44.2 Å². The van der Waals surface area contributed by atoms with Crippen LogP contribution in [0.3, 0.4) is 0 Å². The Bertz CT molecular complexity index is 1520. The standard InChI is InChI=1S/C35H43N5O3/c1-25-29(32(36)42)16-20-40(34(25,2)27-13-7-4-8-14-27)33(43)38-19-15-28(35(23-38)17-9-10-18-35)22-39-24-37-30(21-31(39)41)26-11-5-3-6-12-26/h3-8,11-14,21,24-25,28-29H,9-10,15-20,22-23H2,1-2H3,(H2,36,42). The minimum atomic E-state index is -0.657. The molecular formula is C35H43N5O3. The fraction of sp³-hybridized carbons (Fsp3) is 0.486. The maximum Gasteiger partial charge on any atom is 0.320 e. The molecule has 2 saturated heterocycles. The van der Waals surface area contributed by atoms with Crippen molar-refractivity contribution in [2.45, 2.75) is 64.5 Å². The van der Waals surface area contributed by atoms with Gasteiger partial charge in [-0.25, -0.2) is 9.78 Å². The summed E-state index contributed by atoms with van der Waals surface area (Å²) < 4.78 is 1.76. The molecule has 1 aromatic heterocycles. The van der Waals surface area contributed by atoms with Crippen LogP contribution >= 0.6 is 0 Å². The lowest BCUT2D eigenvalue weighted by Gasteiger charge is -2.54. The van der Waals surface area contributed by atoms with Gasteiger partial charge in [-0.2, -0.15) is 0 Å². The zero-order valence-electron chi connectivity index (χ0n) is 25.3. The highest BCUT2D eigenvalue weighted by Crippen LogP contribution is 2.50. The molecular weight excluding hydrogens is 538 g/mol. The largest absolute Gasteiger partial charge is 0.369 e. The first kappa shape index (κ1) is 29.1. The molecule has 3 amide bonds. The lowest BCUT2D eigenvalue weighted by Crippen LogP contribution is -2.63. The first-order chi connectivity index (χ1) is 20.7. The third-order valence-electron chi connectivity index (χ3n) is 11.0. The van der Waals surface area contributed by atoms with Crippen molar-refractivity contribution in [2.75, 3.05) is 19.6 Å². The van der Waals surface area contributed by atoms with Crippen molar-refractivity contribution in [1.29, 1.82) is 0 Å². The Morgan fingerprint density at radius 3 is 2.30 bits per heavy atom. The minimum Gasteiger partial charge on any atom is -0.369 e. The number of nitrogens with two attached hydrogens (primary N) is 1. The van der Waals surface area contributed by atoms with Crippen LogP contribution in [0.2, 0.25) is 0 Å². The lowest BCUT2D eigenvalue weighted by molar-refractivity contribution is -0.128. The topological polar surface area (TPSA) is 102 Å². The Kier molecular flexibility index (Phi) is 7.88. The molecule has 6 rings (SSSR count). The molecule has 1 spiro atoms. The summed E-state index contributed by atoms with van der Waals surface area (Å²) in [5.41, 5.74) is 7.78. The number of likely N-dealkylation sites (tertiary alicyclic amines) is 2. The van der Waals surface area contributed by atoms with Crippen LogP contribution in [0.4, 0.5) is 4.79 Å². The molecule has 3 heterocycles. The number of amides is 3. The lowest BCUT2D eigenvalue weighted by atomic mass is 9.68. The summed E-state index contributed by atoms with van der Waals surface area (Å²) in [6.07, 6.45) is 7.50. The van der Waals surface area contributed by atoms with Crippen LogP contribution in [0.1, 0.15) is 57.9 Å². The molecule has 2 N–H and O–H groups in total. The first-order valence-electron chi connectivity index (χ1n) is 15.8. The number of hydrogen-bond donors (Lipinski definition) is 1. The molecule has 3 fully saturated rings. The van der Waals surface area contributed by atoms with Gasteiger partial charge >= 0.3 is 6.03 Å². The van der Waals surface area contributed by atoms with Gasteiger partial charge in [0.1, 0.15) is 0 Å². The summed E-state index contributed by atoms with van der Waals surface area (Å²) >= 11 is 0. The van der Waals surface area contributed by atoms with Gasteiger partial charge in [0.05, 0.1) is 17.6 Å². The molecule has 4 unspecified atom stereocenters. The predicted molar refractivity (Wildman–Crippen MR) is 167 cm³/mol. The van der Waals surface area contributed by atoms with Crippen molar-refractivity contribution in [1.82, 2.24) is 19.4 Å². The van der Waals surface area contributed by atoms with Crippen LogP contribution in [0.5, 0.6) is 0 Å². The van der Waals surface area contributed by atoms with E-state index >= 15 is 0 Å². The van der Waals surface area contributed by atoms with Crippen LogP contribution in [0, 0.1) is 23.2 Å². The van der Waals surface area contributed by atoms with E-state index in [1.54, 1.807) is 17.0 Å². The summed E-state index contributed by atoms with van der Waals surface area (Å²) in [7, 11) is 0. The molecule has 3 aromatic rings. The fourth-order valence-electron chi connectivity index (χ4n) is 8.30. The molecule has 3 aliphatic rings. The molecule has 8 nitrogen and oxygen atoms in total. The second-order valence-corrected chi connectivity index (χ2v) is 13.1. The number of rotatable bonds is 5. The van der Waals surface area contributed by atoms with Crippen molar-refractivity contribution in [2.24, 2.45) is 28.9 Å². The molecule has 2 aromatic carbocycles. The molecule has 226 valence electrons. The molecule has 43 heavy (non-hydrogen) atoms. The van der Waals surface area contributed by atoms with E-state index in [9.17, 15) is 14.4 Å². The number of piperidine rings is 2. The van der Waals surface area contributed by atoms with E-state index in [2.05, 4.69) is 35.9 Å². The summed E-state index contributed by atoms with van der Waals surface area (Å²) in [6, 6.07) is 21.5. The third kappa shape index (κ3) is 5.25. The highest BCUT2D eigenvalue weighted by atomic mass is 16.2. The molecule has 2 aliphatic heterocycles. The average molecular weight is 582 g/mol. The summed E-state index contributed by atoms with van der Waals surface area (Å²) in [6.45, 7) is 6.59. The Hall–Kier alpha value is -3.94. The molecule has 1 saturated carbocycles. The van der Waals surface area contributed by atoms with Crippen molar-refractivity contribution < 1.29 is 9.59 Å². The fourth-order valence-corrected chi connectivity index (χ4v) is 8.30. The van der Waals surface area contributed by atoms with Gasteiger partial charge in [0.15, 0.2) is 0 Å². The second-order valence-electron chi connectivity index (χ2n) is 13.1. The number of carbonyl (C=O) groups is 2. The van der Waals surface area contributed by atoms with Crippen LogP contribution in [-0.4, -0.2) is 50.9 Å². The molecule has 8 heteroatoms. The van der Waals surface area contributed by atoms with Gasteiger partial charge in [-0.15, -0.1) is 0 Å². The molecule has 4 atom stereocenters.